The van der Waals surface area contributed by atoms with E-state index in [1.807, 2.05) is 0 Å². The second kappa shape index (κ2) is 3.99. The molecule has 3 N–H and O–H groups in total. The van der Waals surface area contributed by atoms with Crippen LogP contribution in [0.5, 0.6) is 0 Å². The summed E-state index contributed by atoms with van der Waals surface area (Å²) < 4.78 is 25.8. The number of hydrogen-bond donors (Lipinski definition) is 2. The molecule has 0 bridgehead atoms. The Bertz CT molecular complexity index is 362. The first kappa shape index (κ1) is 12.9. The lowest BCUT2D eigenvalue weighted by atomic mass is 10.1. The minimum atomic E-state index is -3.38. The summed E-state index contributed by atoms with van der Waals surface area (Å²) in [6.07, 6.45) is 1.07. The molecule has 0 spiro atoms. The third-order valence-electron chi connectivity index (χ3n) is 3.11. The zero-order valence-corrected chi connectivity index (χ0v) is 10.9. The number of sulfonamides is 1. The van der Waals surface area contributed by atoms with E-state index in [0.29, 0.717) is 12.5 Å². The maximum atomic E-state index is 11.6. The number of rotatable bonds is 5. The summed E-state index contributed by atoms with van der Waals surface area (Å²) in [6, 6.07) is 0. The molecule has 0 aliphatic heterocycles. The fraction of sp³-hybridized carbons (Fsp3) is 0.889. The van der Waals surface area contributed by atoms with Crippen molar-refractivity contribution in [1.82, 2.24) is 4.72 Å². The summed E-state index contributed by atoms with van der Waals surface area (Å²) in [4.78, 5) is 0.0116. The quantitative estimate of drug-likeness (QED) is 0.702. The Morgan fingerprint density at radius 3 is 2.47 bits per heavy atom. The Kier molecular flexibility index (Phi) is 3.42. The zero-order chi connectivity index (χ0) is 11.9. The minimum absolute atomic E-state index is 0.0116. The van der Waals surface area contributed by atoms with E-state index in [-0.39, 0.29) is 10.4 Å². The molecule has 0 saturated heterocycles. The van der Waals surface area contributed by atoms with Gasteiger partial charge >= 0.3 is 0 Å². The first-order valence-electron chi connectivity index (χ1n) is 4.94. The lowest BCUT2D eigenvalue weighted by molar-refractivity contribution is 0.536. The Balaban J connectivity index is 2.48. The van der Waals surface area contributed by atoms with Gasteiger partial charge in [-0.3, -0.25) is 0 Å². The van der Waals surface area contributed by atoms with Crippen LogP contribution in [0.25, 0.3) is 0 Å². The summed E-state index contributed by atoms with van der Waals surface area (Å²) in [6.45, 7) is 6.25. The van der Waals surface area contributed by atoms with Gasteiger partial charge in [-0.25, -0.2) is 13.1 Å². The van der Waals surface area contributed by atoms with Crippen LogP contribution in [-0.4, -0.2) is 25.2 Å². The Morgan fingerprint density at radius 1 is 1.67 bits per heavy atom. The van der Waals surface area contributed by atoms with Crippen molar-refractivity contribution < 1.29 is 8.42 Å². The van der Waals surface area contributed by atoms with Gasteiger partial charge in [-0.05, 0) is 24.7 Å². The van der Waals surface area contributed by atoms with Crippen molar-refractivity contribution in [2.24, 2.45) is 17.1 Å². The average Bonchev–Trinajstić information content (AvgIpc) is 2.69. The van der Waals surface area contributed by atoms with Gasteiger partial charge in [0.2, 0.25) is 10.0 Å². The molecule has 6 heteroatoms. The molecule has 2 atom stereocenters. The molecule has 0 aromatic heterocycles. The van der Waals surface area contributed by atoms with Crippen LogP contribution in [0.4, 0.5) is 0 Å². The van der Waals surface area contributed by atoms with Crippen LogP contribution in [-0.2, 0) is 10.0 Å². The van der Waals surface area contributed by atoms with Crippen LogP contribution in [0.1, 0.15) is 27.2 Å². The molecule has 0 amide bonds. The van der Waals surface area contributed by atoms with E-state index in [9.17, 15) is 8.42 Å². The average molecular weight is 250 g/mol. The van der Waals surface area contributed by atoms with Crippen LogP contribution in [0.15, 0.2) is 0 Å². The van der Waals surface area contributed by atoms with E-state index in [2.05, 4.69) is 30.8 Å². The van der Waals surface area contributed by atoms with Crippen molar-refractivity contribution in [1.29, 1.82) is 0 Å². The second-order valence-corrected chi connectivity index (χ2v) is 7.38. The van der Waals surface area contributed by atoms with E-state index in [1.165, 1.54) is 6.92 Å². The van der Waals surface area contributed by atoms with Crippen molar-refractivity contribution in [3.05, 3.63) is 0 Å². The fourth-order valence-corrected chi connectivity index (χ4v) is 2.79. The minimum Gasteiger partial charge on any atom is -0.392 e. The number of hydrogen-bond acceptors (Lipinski definition) is 3. The monoisotopic (exact) mass is 250 g/mol. The molecule has 15 heavy (non-hydrogen) atoms. The molecule has 1 aliphatic carbocycles. The van der Waals surface area contributed by atoms with Crippen molar-refractivity contribution in [2.45, 2.75) is 32.4 Å². The molecule has 1 aliphatic rings. The van der Waals surface area contributed by atoms with Gasteiger partial charge < -0.3 is 5.73 Å². The SMILES string of the molecule is CC(C(N)=S)S(=O)(=O)NCC1CC1(C)C. The summed E-state index contributed by atoms with van der Waals surface area (Å²) >= 11 is 4.67. The van der Waals surface area contributed by atoms with Crippen LogP contribution in [0, 0.1) is 11.3 Å². The molecule has 2 unspecified atom stereocenters. The molecule has 1 saturated carbocycles. The summed E-state index contributed by atoms with van der Waals surface area (Å²) in [5.41, 5.74) is 5.58. The molecule has 1 rings (SSSR count). The molecule has 0 heterocycles. The van der Waals surface area contributed by atoms with Crippen molar-refractivity contribution in [3.8, 4) is 0 Å². The predicted molar refractivity (Wildman–Crippen MR) is 65.1 cm³/mol. The Labute approximate surface area is 96.7 Å². The first-order chi connectivity index (χ1) is 6.67. The van der Waals surface area contributed by atoms with E-state index in [1.54, 1.807) is 0 Å². The fourth-order valence-electron chi connectivity index (χ4n) is 1.42. The van der Waals surface area contributed by atoms with Crippen LogP contribution >= 0.6 is 12.2 Å². The lowest BCUT2D eigenvalue weighted by Gasteiger charge is -2.12. The maximum Gasteiger partial charge on any atom is 0.220 e. The van der Waals surface area contributed by atoms with E-state index in [4.69, 9.17) is 5.73 Å². The molecule has 0 aromatic carbocycles. The van der Waals surface area contributed by atoms with Gasteiger partial charge in [0.1, 0.15) is 5.25 Å². The Hall–Kier alpha value is -0.200. The smallest absolute Gasteiger partial charge is 0.220 e. The number of nitrogens with one attached hydrogen (secondary N) is 1. The topological polar surface area (TPSA) is 72.2 Å². The highest BCUT2D eigenvalue weighted by molar-refractivity contribution is 7.93. The molecular formula is C9H18N2O2S2. The van der Waals surface area contributed by atoms with E-state index < -0.39 is 15.3 Å². The summed E-state index contributed by atoms with van der Waals surface area (Å²) in [7, 11) is -3.38. The molecular weight excluding hydrogens is 232 g/mol. The number of thiocarbonyl (C=S) groups is 1. The maximum absolute atomic E-state index is 11.6. The van der Waals surface area contributed by atoms with Crippen molar-refractivity contribution >= 4 is 27.2 Å². The lowest BCUT2D eigenvalue weighted by Crippen LogP contribution is -2.41. The highest BCUT2D eigenvalue weighted by Gasteiger charge is 2.45. The van der Waals surface area contributed by atoms with Gasteiger partial charge in [-0.1, -0.05) is 26.1 Å². The largest absolute Gasteiger partial charge is 0.392 e. The van der Waals surface area contributed by atoms with Gasteiger partial charge in [0.05, 0.1) is 4.99 Å². The highest BCUT2D eigenvalue weighted by Crippen LogP contribution is 2.51. The molecule has 1 fully saturated rings. The van der Waals surface area contributed by atoms with Gasteiger partial charge in [0.25, 0.3) is 0 Å². The van der Waals surface area contributed by atoms with Crippen molar-refractivity contribution in [3.63, 3.8) is 0 Å². The van der Waals surface area contributed by atoms with Gasteiger partial charge in [0.15, 0.2) is 0 Å². The Morgan fingerprint density at radius 2 is 2.13 bits per heavy atom. The first-order valence-corrected chi connectivity index (χ1v) is 6.90. The van der Waals surface area contributed by atoms with E-state index >= 15 is 0 Å². The third-order valence-corrected chi connectivity index (χ3v) is 5.37. The third kappa shape index (κ3) is 3.12. The van der Waals surface area contributed by atoms with Gasteiger partial charge in [0, 0.05) is 6.54 Å². The second-order valence-electron chi connectivity index (χ2n) is 4.83. The predicted octanol–water partition coefficient (Wildman–Crippen LogP) is 0.626. The van der Waals surface area contributed by atoms with Gasteiger partial charge in [-0.15, -0.1) is 0 Å². The van der Waals surface area contributed by atoms with Gasteiger partial charge in [-0.2, -0.15) is 0 Å². The van der Waals surface area contributed by atoms with E-state index in [0.717, 1.165) is 6.42 Å². The standard InChI is InChI=1S/C9H18N2O2S2/c1-6(8(10)14)15(12,13)11-5-7-4-9(7,2)3/h6-7,11H,4-5H2,1-3H3,(H2,10,14). The summed E-state index contributed by atoms with van der Waals surface area (Å²) in [5.74, 6) is 0.436. The number of nitrogens with two attached hydrogens (primary N) is 1. The zero-order valence-electron chi connectivity index (χ0n) is 9.28. The normalized spacial score (nSPS) is 25.9. The molecule has 0 aromatic rings. The summed E-state index contributed by atoms with van der Waals surface area (Å²) in [5, 5.41) is -0.797. The molecule has 0 radical (unpaired) electrons. The molecule has 4 nitrogen and oxygen atoms in total. The van der Waals surface area contributed by atoms with Crippen LogP contribution < -0.4 is 10.5 Å². The van der Waals surface area contributed by atoms with Crippen molar-refractivity contribution in [2.75, 3.05) is 6.54 Å². The van der Waals surface area contributed by atoms with Crippen LogP contribution in [0.2, 0.25) is 0 Å². The highest BCUT2D eigenvalue weighted by atomic mass is 32.2. The molecule has 88 valence electrons. The van der Waals surface area contributed by atoms with Crippen LogP contribution in [0.3, 0.4) is 0 Å².